The minimum absolute atomic E-state index is 0. The number of aryl methyl sites for hydroxylation is 1. The number of amides is 1. The van der Waals surface area contributed by atoms with Crippen LogP contribution in [0.25, 0.3) is 11.0 Å². The average molecular weight is 361 g/mol. The molecule has 0 aliphatic heterocycles. The van der Waals surface area contributed by atoms with Crippen molar-refractivity contribution < 1.29 is 4.79 Å². The molecule has 0 atom stereocenters. The number of hydrogen-bond donors (Lipinski definition) is 1. The topological polar surface area (TPSA) is 64.2 Å². The van der Waals surface area contributed by atoms with E-state index in [0.29, 0.717) is 26.1 Å². The number of benzene rings is 1. The van der Waals surface area contributed by atoms with Crippen molar-refractivity contribution >= 4 is 41.8 Å². The molecular formula is C16H26Cl2N4O. The van der Waals surface area contributed by atoms with Crippen LogP contribution in [0.5, 0.6) is 0 Å². The number of rotatable bonds is 6. The van der Waals surface area contributed by atoms with E-state index in [2.05, 4.69) is 18.8 Å². The largest absolute Gasteiger partial charge is 0.345 e. The van der Waals surface area contributed by atoms with Crippen molar-refractivity contribution in [2.24, 2.45) is 11.1 Å². The molecule has 0 spiro atoms. The summed E-state index contributed by atoms with van der Waals surface area (Å²) in [5.74, 6) is 0.134. The Morgan fingerprint density at radius 3 is 2.61 bits per heavy atom. The van der Waals surface area contributed by atoms with Gasteiger partial charge in [0.15, 0.2) is 0 Å². The van der Waals surface area contributed by atoms with E-state index in [4.69, 9.17) is 5.73 Å². The van der Waals surface area contributed by atoms with Gasteiger partial charge in [-0.1, -0.05) is 26.0 Å². The summed E-state index contributed by atoms with van der Waals surface area (Å²) >= 11 is 0. The zero-order valence-corrected chi connectivity index (χ0v) is 15.5. The molecule has 2 N–H and O–H groups in total. The van der Waals surface area contributed by atoms with Crippen molar-refractivity contribution in [2.45, 2.75) is 26.8 Å². The van der Waals surface area contributed by atoms with E-state index in [-0.39, 0.29) is 36.1 Å². The lowest BCUT2D eigenvalue weighted by Crippen LogP contribution is -2.40. The van der Waals surface area contributed by atoms with Crippen LogP contribution in [0.3, 0.4) is 0 Å². The Balaban J connectivity index is 0.00000242. The van der Waals surface area contributed by atoms with Gasteiger partial charge in [0, 0.05) is 26.6 Å². The maximum atomic E-state index is 12.2. The molecule has 0 aliphatic carbocycles. The molecule has 2 rings (SSSR count). The first-order chi connectivity index (χ1) is 9.93. The van der Waals surface area contributed by atoms with E-state index >= 15 is 0 Å². The third-order valence-corrected chi connectivity index (χ3v) is 3.74. The molecule has 0 unspecified atom stereocenters. The Morgan fingerprint density at radius 1 is 1.30 bits per heavy atom. The summed E-state index contributed by atoms with van der Waals surface area (Å²) in [5.41, 5.74) is 7.69. The van der Waals surface area contributed by atoms with Gasteiger partial charge in [0.05, 0.1) is 17.4 Å². The van der Waals surface area contributed by atoms with Gasteiger partial charge in [0.2, 0.25) is 5.91 Å². The van der Waals surface area contributed by atoms with E-state index in [9.17, 15) is 4.79 Å². The second kappa shape index (κ2) is 9.11. The highest BCUT2D eigenvalue weighted by atomic mass is 35.5. The predicted molar refractivity (Wildman–Crippen MR) is 99.3 cm³/mol. The standard InChI is InChI=1S/C16H24N4O.2ClH/c1-16(2,10-17)11-19(3)15(21)8-9-20-12-18-13-6-4-5-7-14(13)20;;/h4-7,12H,8-11,17H2,1-3H3;2*1H. The minimum Gasteiger partial charge on any atom is -0.345 e. The summed E-state index contributed by atoms with van der Waals surface area (Å²) in [6.07, 6.45) is 2.26. The van der Waals surface area contributed by atoms with Crippen LogP contribution in [0, 0.1) is 5.41 Å². The average Bonchev–Trinajstić information content (AvgIpc) is 2.87. The van der Waals surface area contributed by atoms with E-state index in [1.165, 1.54) is 0 Å². The molecule has 1 aromatic carbocycles. The second-order valence-electron chi connectivity index (χ2n) is 6.29. The summed E-state index contributed by atoms with van der Waals surface area (Å²) < 4.78 is 2.02. The monoisotopic (exact) mass is 360 g/mol. The van der Waals surface area contributed by atoms with E-state index < -0.39 is 0 Å². The van der Waals surface area contributed by atoms with Gasteiger partial charge in [0.25, 0.3) is 0 Å². The molecular weight excluding hydrogens is 335 g/mol. The summed E-state index contributed by atoms with van der Waals surface area (Å²) in [6, 6.07) is 7.95. The molecule has 23 heavy (non-hydrogen) atoms. The molecule has 1 amide bonds. The van der Waals surface area contributed by atoms with Crippen molar-refractivity contribution in [1.82, 2.24) is 14.5 Å². The van der Waals surface area contributed by atoms with Gasteiger partial charge in [-0.3, -0.25) is 4.79 Å². The van der Waals surface area contributed by atoms with Gasteiger partial charge in [-0.2, -0.15) is 0 Å². The smallest absolute Gasteiger partial charge is 0.224 e. The van der Waals surface area contributed by atoms with Crippen LogP contribution in [0.1, 0.15) is 20.3 Å². The zero-order chi connectivity index (χ0) is 15.5. The fraction of sp³-hybridized carbons (Fsp3) is 0.500. The molecule has 1 aromatic heterocycles. The van der Waals surface area contributed by atoms with Crippen molar-refractivity contribution in [1.29, 1.82) is 0 Å². The molecule has 0 aliphatic rings. The minimum atomic E-state index is -0.0495. The van der Waals surface area contributed by atoms with Crippen molar-refractivity contribution in [2.75, 3.05) is 20.1 Å². The predicted octanol–water partition coefficient (Wildman–Crippen LogP) is 2.71. The third-order valence-electron chi connectivity index (χ3n) is 3.74. The molecule has 0 radical (unpaired) electrons. The SMILES string of the molecule is CN(CC(C)(C)CN)C(=O)CCn1cnc2ccccc21.Cl.Cl. The van der Waals surface area contributed by atoms with Gasteiger partial charge in [-0.15, -0.1) is 24.8 Å². The molecule has 130 valence electrons. The molecule has 1 heterocycles. The van der Waals surface area contributed by atoms with Crippen LogP contribution in [-0.2, 0) is 11.3 Å². The molecule has 0 saturated heterocycles. The maximum Gasteiger partial charge on any atom is 0.224 e. The highest BCUT2D eigenvalue weighted by Gasteiger charge is 2.21. The molecule has 7 heteroatoms. The van der Waals surface area contributed by atoms with Crippen molar-refractivity contribution in [3.8, 4) is 0 Å². The number of nitrogens with zero attached hydrogens (tertiary/aromatic N) is 3. The first-order valence-corrected chi connectivity index (χ1v) is 7.27. The molecule has 0 bridgehead atoms. The number of halogens is 2. The third kappa shape index (κ3) is 5.68. The lowest BCUT2D eigenvalue weighted by Gasteiger charge is -2.29. The summed E-state index contributed by atoms with van der Waals surface area (Å²) in [5, 5.41) is 0. The fourth-order valence-corrected chi connectivity index (χ4v) is 2.39. The molecule has 0 fully saturated rings. The Labute approximate surface area is 150 Å². The van der Waals surface area contributed by atoms with Crippen LogP contribution >= 0.6 is 24.8 Å². The van der Waals surface area contributed by atoms with E-state index in [1.54, 1.807) is 11.2 Å². The number of imidazole rings is 1. The summed E-state index contributed by atoms with van der Waals surface area (Å²) in [4.78, 5) is 18.3. The van der Waals surface area contributed by atoms with Crippen LogP contribution in [-0.4, -0.2) is 40.5 Å². The Kier molecular flexibility index (Phi) is 8.59. The Hall–Kier alpha value is -1.30. The molecule has 0 saturated carbocycles. The van der Waals surface area contributed by atoms with Crippen molar-refractivity contribution in [3.63, 3.8) is 0 Å². The van der Waals surface area contributed by atoms with Crippen LogP contribution in [0.15, 0.2) is 30.6 Å². The summed E-state index contributed by atoms with van der Waals surface area (Å²) in [7, 11) is 1.84. The van der Waals surface area contributed by atoms with Gasteiger partial charge in [-0.25, -0.2) is 4.98 Å². The first-order valence-electron chi connectivity index (χ1n) is 7.27. The first kappa shape index (κ1) is 21.7. The number of fused-ring (bicyclic) bond motifs is 1. The van der Waals surface area contributed by atoms with E-state index in [0.717, 1.165) is 11.0 Å². The van der Waals surface area contributed by atoms with Gasteiger partial charge in [0.1, 0.15) is 0 Å². The fourth-order valence-electron chi connectivity index (χ4n) is 2.39. The van der Waals surface area contributed by atoms with Gasteiger partial charge < -0.3 is 15.2 Å². The number of carbonyl (C=O) groups is 1. The molecule has 2 aromatic rings. The molecule has 5 nitrogen and oxygen atoms in total. The normalized spacial score (nSPS) is 10.8. The van der Waals surface area contributed by atoms with E-state index in [1.807, 2.05) is 35.9 Å². The quantitative estimate of drug-likeness (QED) is 0.861. The Morgan fingerprint density at radius 2 is 1.96 bits per heavy atom. The lowest BCUT2D eigenvalue weighted by atomic mass is 9.93. The number of nitrogens with two attached hydrogens (primary N) is 1. The number of para-hydroxylation sites is 2. The number of aromatic nitrogens is 2. The summed E-state index contributed by atoms with van der Waals surface area (Å²) in [6.45, 7) is 6.02. The second-order valence-corrected chi connectivity index (χ2v) is 6.29. The highest BCUT2D eigenvalue weighted by molar-refractivity contribution is 5.85. The number of hydrogen-bond acceptors (Lipinski definition) is 3. The van der Waals surface area contributed by atoms with Gasteiger partial charge in [-0.05, 0) is 24.1 Å². The number of carbonyl (C=O) groups excluding carboxylic acids is 1. The van der Waals surface area contributed by atoms with Crippen LogP contribution in [0.4, 0.5) is 0 Å². The van der Waals surface area contributed by atoms with Gasteiger partial charge >= 0.3 is 0 Å². The highest BCUT2D eigenvalue weighted by Crippen LogP contribution is 2.15. The lowest BCUT2D eigenvalue weighted by molar-refractivity contribution is -0.131. The zero-order valence-electron chi connectivity index (χ0n) is 13.9. The van der Waals surface area contributed by atoms with Crippen LogP contribution < -0.4 is 5.73 Å². The van der Waals surface area contributed by atoms with Crippen LogP contribution in [0.2, 0.25) is 0 Å². The van der Waals surface area contributed by atoms with Crippen molar-refractivity contribution in [3.05, 3.63) is 30.6 Å². The Bertz CT molecular complexity index is 627. The maximum absolute atomic E-state index is 12.2.